The summed E-state index contributed by atoms with van der Waals surface area (Å²) in [5.41, 5.74) is 7.61. The Morgan fingerprint density at radius 2 is 2.14 bits per heavy atom. The maximum Gasteiger partial charge on any atom is 0.251 e. The van der Waals surface area contributed by atoms with Crippen molar-refractivity contribution in [3.8, 4) is 11.8 Å². The summed E-state index contributed by atoms with van der Waals surface area (Å²) in [6.45, 7) is 2.19. The number of nitrogens with two attached hydrogens (primary N) is 1. The van der Waals surface area contributed by atoms with Gasteiger partial charge in [0.2, 0.25) is 5.91 Å². The van der Waals surface area contributed by atoms with Gasteiger partial charge in [0.15, 0.2) is 0 Å². The van der Waals surface area contributed by atoms with E-state index in [1.165, 1.54) is 0 Å². The minimum atomic E-state index is -0.262. The molecule has 5 nitrogen and oxygen atoms in total. The van der Waals surface area contributed by atoms with Crippen molar-refractivity contribution in [2.75, 3.05) is 13.1 Å². The average Bonchev–Trinajstić information content (AvgIpc) is 3.27. The first kappa shape index (κ1) is 15.1. The highest BCUT2D eigenvalue weighted by atomic mass is 16.2. The second kappa shape index (κ2) is 6.91. The van der Waals surface area contributed by atoms with Gasteiger partial charge in [0.25, 0.3) is 5.91 Å². The number of carbonyl (C=O) groups excluding carboxylic acids is 2. The minimum absolute atomic E-state index is 0.00309. The van der Waals surface area contributed by atoms with Crippen LogP contribution in [0.1, 0.15) is 34.3 Å². The number of amides is 2. The zero-order chi connectivity index (χ0) is 15.2. The molecule has 1 aliphatic carbocycles. The highest BCUT2D eigenvalue weighted by Crippen LogP contribution is 2.18. The van der Waals surface area contributed by atoms with Gasteiger partial charge < -0.3 is 16.4 Å². The molecule has 1 aliphatic rings. The van der Waals surface area contributed by atoms with Crippen LogP contribution >= 0.6 is 0 Å². The van der Waals surface area contributed by atoms with E-state index in [9.17, 15) is 9.59 Å². The van der Waals surface area contributed by atoms with Crippen molar-refractivity contribution in [3.63, 3.8) is 0 Å². The third kappa shape index (κ3) is 4.62. The quantitative estimate of drug-likeness (QED) is 0.696. The Morgan fingerprint density at radius 3 is 2.76 bits per heavy atom. The number of carbonyl (C=O) groups is 2. The number of nitrogens with one attached hydrogen (secondary N) is 2. The second-order valence-corrected chi connectivity index (χ2v) is 5.06. The molecule has 0 saturated heterocycles. The van der Waals surface area contributed by atoms with Crippen molar-refractivity contribution in [2.45, 2.75) is 25.8 Å². The summed E-state index contributed by atoms with van der Waals surface area (Å²) in [5.74, 6) is 5.32. The Labute approximate surface area is 124 Å². The monoisotopic (exact) mass is 285 g/mol. The Kier molecular flexibility index (Phi) is 4.96. The molecule has 2 amide bonds. The van der Waals surface area contributed by atoms with Crippen LogP contribution in [0.2, 0.25) is 0 Å². The van der Waals surface area contributed by atoms with Gasteiger partial charge >= 0.3 is 0 Å². The molecular formula is C16H19N3O2. The lowest BCUT2D eigenvalue weighted by molar-refractivity contribution is -0.120. The molecular weight excluding hydrogens is 266 g/mol. The molecule has 110 valence electrons. The SMILES string of the molecule is Cc1cc(C(=O)NCC(=O)NC2CC2)ccc1C#CCN. The van der Waals surface area contributed by atoms with Crippen LogP contribution in [0.25, 0.3) is 0 Å². The molecule has 1 fully saturated rings. The van der Waals surface area contributed by atoms with Gasteiger partial charge in [0.05, 0.1) is 13.1 Å². The van der Waals surface area contributed by atoms with Crippen LogP contribution in [0.15, 0.2) is 18.2 Å². The molecule has 0 unspecified atom stereocenters. The van der Waals surface area contributed by atoms with Gasteiger partial charge in [-0.25, -0.2) is 0 Å². The predicted octanol–water partition coefficient (Wildman–Crippen LogP) is 0.314. The van der Waals surface area contributed by atoms with E-state index in [1.807, 2.05) is 6.92 Å². The van der Waals surface area contributed by atoms with Crippen molar-refractivity contribution in [1.82, 2.24) is 10.6 Å². The molecule has 2 rings (SSSR count). The van der Waals surface area contributed by atoms with Crippen molar-refractivity contribution in [1.29, 1.82) is 0 Å². The Hall–Kier alpha value is -2.32. The fourth-order valence-electron chi connectivity index (χ4n) is 1.86. The Balaban J connectivity index is 1.92. The first-order valence-electron chi connectivity index (χ1n) is 6.97. The summed E-state index contributed by atoms with van der Waals surface area (Å²) < 4.78 is 0. The van der Waals surface area contributed by atoms with E-state index in [2.05, 4.69) is 22.5 Å². The zero-order valence-corrected chi connectivity index (χ0v) is 12.0. The largest absolute Gasteiger partial charge is 0.352 e. The summed E-state index contributed by atoms with van der Waals surface area (Å²) in [7, 11) is 0. The smallest absolute Gasteiger partial charge is 0.251 e. The highest BCUT2D eigenvalue weighted by molar-refractivity contribution is 5.96. The van der Waals surface area contributed by atoms with E-state index < -0.39 is 0 Å². The Bertz CT molecular complexity index is 610. The van der Waals surface area contributed by atoms with Gasteiger partial charge in [-0.3, -0.25) is 9.59 Å². The third-order valence-corrected chi connectivity index (χ3v) is 3.17. The van der Waals surface area contributed by atoms with Crippen LogP contribution in [0.5, 0.6) is 0 Å². The molecule has 0 bridgehead atoms. The fraction of sp³-hybridized carbons (Fsp3) is 0.375. The second-order valence-electron chi connectivity index (χ2n) is 5.06. The van der Waals surface area contributed by atoms with E-state index in [0.29, 0.717) is 18.2 Å². The molecule has 0 spiro atoms. The van der Waals surface area contributed by atoms with Crippen LogP contribution in [0.3, 0.4) is 0 Å². The minimum Gasteiger partial charge on any atom is -0.352 e. The maximum atomic E-state index is 12.0. The first-order valence-corrected chi connectivity index (χ1v) is 6.97. The molecule has 0 radical (unpaired) electrons. The number of hydrogen-bond donors (Lipinski definition) is 3. The molecule has 0 aliphatic heterocycles. The van der Waals surface area contributed by atoms with Crippen LogP contribution in [-0.2, 0) is 4.79 Å². The number of benzene rings is 1. The molecule has 5 heteroatoms. The van der Waals surface area contributed by atoms with Crippen molar-refractivity contribution in [3.05, 3.63) is 34.9 Å². The third-order valence-electron chi connectivity index (χ3n) is 3.17. The summed E-state index contributed by atoms with van der Waals surface area (Å²) in [6, 6.07) is 5.55. The number of aryl methyl sites for hydroxylation is 1. The van der Waals surface area contributed by atoms with Crippen LogP contribution in [0, 0.1) is 18.8 Å². The molecule has 1 aromatic rings. The number of rotatable bonds is 4. The van der Waals surface area contributed by atoms with Gasteiger partial charge in [0, 0.05) is 17.2 Å². The van der Waals surface area contributed by atoms with Crippen molar-refractivity contribution in [2.24, 2.45) is 5.73 Å². The van der Waals surface area contributed by atoms with E-state index >= 15 is 0 Å². The lowest BCUT2D eigenvalue weighted by atomic mass is 10.0. The summed E-state index contributed by atoms with van der Waals surface area (Å²) in [6.07, 6.45) is 2.06. The highest BCUT2D eigenvalue weighted by Gasteiger charge is 2.23. The lowest BCUT2D eigenvalue weighted by Gasteiger charge is -2.07. The van der Waals surface area contributed by atoms with Crippen LogP contribution in [0.4, 0.5) is 0 Å². The lowest BCUT2D eigenvalue weighted by Crippen LogP contribution is -2.37. The van der Waals surface area contributed by atoms with Crippen LogP contribution in [-0.4, -0.2) is 30.9 Å². The zero-order valence-electron chi connectivity index (χ0n) is 12.0. The van der Waals surface area contributed by atoms with Gasteiger partial charge in [-0.05, 0) is 43.5 Å². The maximum absolute atomic E-state index is 12.0. The molecule has 0 atom stereocenters. The normalized spacial score (nSPS) is 13.0. The Morgan fingerprint density at radius 1 is 1.38 bits per heavy atom. The molecule has 1 aromatic carbocycles. The topological polar surface area (TPSA) is 84.2 Å². The van der Waals surface area contributed by atoms with E-state index in [-0.39, 0.29) is 18.4 Å². The standard InChI is InChI=1S/C16H19N3O2/c1-11-9-13(5-4-12(11)3-2-8-17)16(21)18-10-15(20)19-14-6-7-14/h4-5,9,14H,6-8,10,17H2,1H3,(H,18,21)(H,19,20). The van der Waals surface area contributed by atoms with E-state index in [0.717, 1.165) is 24.0 Å². The average molecular weight is 285 g/mol. The number of hydrogen-bond acceptors (Lipinski definition) is 3. The van der Waals surface area contributed by atoms with E-state index in [4.69, 9.17) is 5.73 Å². The van der Waals surface area contributed by atoms with E-state index in [1.54, 1.807) is 18.2 Å². The molecule has 21 heavy (non-hydrogen) atoms. The summed E-state index contributed by atoms with van der Waals surface area (Å²) in [4.78, 5) is 23.5. The van der Waals surface area contributed by atoms with Gasteiger partial charge in [-0.1, -0.05) is 11.8 Å². The predicted molar refractivity (Wildman–Crippen MR) is 80.6 cm³/mol. The molecule has 1 saturated carbocycles. The summed E-state index contributed by atoms with van der Waals surface area (Å²) in [5, 5.41) is 5.44. The first-order chi connectivity index (χ1) is 10.1. The molecule has 4 N–H and O–H groups in total. The van der Waals surface area contributed by atoms with Gasteiger partial charge in [-0.15, -0.1) is 0 Å². The molecule has 0 heterocycles. The van der Waals surface area contributed by atoms with Crippen LogP contribution < -0.4 is 16.4 Å². The van der Waals surface area contributed by atoms with Crippen molar-refractivity contribution >= 4 is 11.8 Å². The van der Waals surface area contributed by atoms with Gasteiger partial charge in [-0.2, -0.15) is 0 Å². The van der Waals surface area contributed by atoms with Gasteiger partial charge in [0.1, 0.15) is 0 Å². The fourth-order valence-corrected chi connectivity index (χ4v) is 1.86. The molecule has 0 aromatic heterocycles. The summed E-state index contributed by atoms with van der Waals surface area (Å²) >= 11 is 0. The van der Waals surface area contributed by atoms with Crippen molar-refractivity contribution < 1.29 is 9.59 Å².